The third kappa shape index (κ3) is 3.57. The van der Waals surface area contributed by atoms with Crippen LogP contribution >= 0.6 is 11.6 Å². The van der Waals surface area contributed by atoms with Crippen LogP contribution in [-0.4, -0.2) is 19.8 Å². The van der Waals surface area contributed by atoms with Gasteiger partial charge in [0, 0.05) is 5.56 Å². The topological polar surface area (TPSA) is 46.5 Å². The first-order valence-electron chi connectivity index (χ1n) is 3.50. The molecule has 70 valence electrons. The summed E-state index contributed by atoms with van der Waals surface area (Å²) in [4.78, 5) is 0. The van der Waals surface area contributed by atoms with E-state index in [1.165, 1.54) is 0 Å². The van der Waals surface area contributed by atoms with Crippen LogP contribution in [0.1, 0.15) is 5.56 Å². The molecule has 0 unspecified atom stereocenters. The minimum Gasteiger partial charge on any atom is -0.205 e. The van der Waals surface area contributed by atoms with Gasteiger partial charge in [0.15, 0.2) is 0 Å². The molecule has 0 aliphatic rings. The maximum Gasteiger partial charge on any atom is 0.251 e. The third-order valence-electron chi connectivity index (χ3n) is 1.26. The fraction of sp³-hybridized carbons (Fsp3) is 0.125. The molecule has 3 nitrogen and oxygen atoms in total. The molecule has 0 bridgehead atoms. The Morgan fingerprint density at radius 3 is 2.31 bits per heavy atom. The van der Waals surface area contributed by atoms with Crippen molar-refractivity contribution in [3.05, 3.63) is 35.9 Å². The lowest BCUT2D eigenvalue weighted by Crippen LogP contribution is -1.97. The highest BCUT2D eigenvalue weighted by Crippen LogP contribution is 2.06. The van der Waals surface area contributed by atoms with E-state index >= 15 is 0 Å². The molecule has 0 saturated heterocycles. The predicted octanol–water partition coefficient (Wildman–Crippen LogP) is 1.63. The first-order valence-corrected chi connectivity index (χ1v) is 5.72. The Bertz CT molecular complexity index is 411. The largest absolute Gasteiger partial charge is 0.251 e. The zero-order valence-electron chi connectivity index (χ0n) is 6.94. The Morgan fingerprint density at radius 1 is 1.31 bits per heavy atom. The summed E-state index contributed by atoms with van der Waals surface area (Å²) < 4.78 is 24.8. The quantitative estimate of drug-likeness (QED) is 0.707. The molecule has 0 N–H and O–H groups in total. The second kappa shape index (κ2) is 3.89. The molecule has 0 aliphatic carbocycles. The normalized spacial score (nSPS) is 12.9. The number of hydrogen-bond donors (Lipinski definition) is 0. The highest BCUT2D eigenvalue weighted by Gasteiger charge is 2.03. The number of nitrogens with zero attached hydrogens (tertiary/aromatic N) is 1. The van der Waals surface area contributed by atoms with Gasteiger partial charge in [0.1, 0.15) is 5.17 Å². The van der Waals surface area contributed by atoms with Crippen molar-refractivity contribution in [1.29, 1.82) is 0 Å². The SMILES string of the molecule is CS(=O)(=O)/N=C(\Cl)c1ccccc1. The summed E-state index contributed by atoms with van der Waals surface area (Å²) in [7, 11) is -3.42. The Balaban J connectivity index is 3.06. The molecule has 1 rings (SSSR count). The van der Waals surface area contributed by atoms with E-state index in [-0.39, 0.29) is 5.17 Å². The maximum absolute atomic E-state index is 10.7. The summed E-state index contributed by atoms with van der Waals surface area (Å²) in [6, 6.07) is 8.72. The molecule has 0 aromatic heterocycles. The standard InChI is InChI=1S/C8H8ClNO2S/c1-13(11,12)10-8(9)7-5-3-2-4-6-7/h2-6H,1H3/b10-8-. The molecule has 5 heteroatoms. The summed E-state index contributed by atoms with van der Waals surface area (Å²) in [5, 5.41) is -0.0110. The molecule has 0 amide bonds. The Morgan fingerprint density at radius 2 is 1.85 bits per heavy atom. The monoisotopic (exact) mass is 217 g/mol. The number of hydrogen-bond acceptors (Lipinski definition) is 2. The Kier molecular flexibility index (Phi) is 3.06. The van der Waals surface area contributed by atoms with Gasteiger partial charge in [0.25, 0.3) is 10.0 Å². The van der Waals surface area contributed by atoms with Crippen LogP contribution in [0.3, 0.4) is 0 Å². The summed E-state index contributed by atoms with van der Waals surface area (Å²) in [6.07, 6.45) is 0.998. The second-order valence-electron chi connectivity index (χ2n) is 2.48. The Labute approximate surface area is 82.1 Å². The van der Waals surface area contributed by atoms with Crippen LogP contribution in [0.5, 0.6) is 0 Å². The summed E-state index contributed by atoms with van der Waals surface area (Å²) in [5.74, 6) is 0. The number of benzene rings is 1. The number of sulfonamides is 1. The van der Waals surface area contributed by atoms with Crippen molar-refractivity contribution in [2.24, 2.45) is 4.40 Å². The van der Waals surface area contributed by atoms with Gasteiger partial charge >= 0.3 is 0 Å². The molecule has 0 heterocycles. The molecule has 0 atom stereocenters. The van der Waals surface area contributed by atoms with Gasteiger partial charge in [0.2, 0.25) is 0 Å². The minimum absolute atomic E-state index is 0.0110. The third-order valence-corrected chi connectivity index (χ3v) is 2.18. The molecular weight excluding hydrogens is 210 g/mol. The minimum atomic E-state index is -3.42. The van der Waals surface area contributed by atoms with Crippen LogP contribution in [0.25, 0.3) is 0 Å². The van der Waals surface area contributed by atoms with Crippen LogP contribution in [0, 0.1) is 0 Å². The second-order valence-corrected chi connectivity index (χ2v) is 4.49. The van der Waals surface area contributed by atoms with E-state index in [2.05, 4.69) is 4.40 Å². The smallest absolute Gasteiger partial charge is 0.205 e. The average Bonchev–Trinajstić information content (AvgIpc) is 2.03. The van der Waals surface area contributed by atoms with Crippen molar-refractivity contribution in [3.8, 4) is 0 Å². The zero-order chi connectivity index (χ0) is 9.90. The van der Waals surface area contributed by atoms with Gasteiger partial charge in [-0.3, -0.25) is 0 Å². The van der Waals surface area contributed by atoms with Crippen molar-refractivity contribution < 1.29 is 8.42 Å². The number of halogens is 1. The molecule has 0 aliphatic heterocycles. The summed E-state index contributed by atoms with van der Waals surface area (Å²) >= 11 is 5.66. The first kappa shape index (κ1) is 10.2. The van der Waals surface area contributed by atoms with Gasteiger partial charge in [0.05, 0.1) is 6.26 Å². The van der Waals surface area contributed by atoms with Gasteiger partial charge in [-0.25, -0.2) is 8.42 Å². The van der Waals surface area contributed by atoms with Crippen molar-refractivity contribution in [2.75, 3.05) is 6.26 Å². The first-order chi connectivity index (χ1) is 5.99. The molecule has 1 aromatic carbocycles. The fourth-order valence-corrected chi connectivity index (χ4v) is 1.67. The van der Waals surface area contributed by atoms with Gasteiger partial charge in [-0.2, -0.15) is 4.40 Å². The van der Waals surface area contributed by atoms with Crippen LogP contribution in [0.15, 0.2) is 34.7 Å². The molecule has 0 spiro atoms. The van der Waals surface area contributed by atoms with E-state index < -0.39 is 10.0 Å². The average molecular weight is 218 g/mol. The molecule has 1 aromatic rings. The van der Waals surface area contributed by atoms with Crippen LogP contribution < -0.4 is 0 Å². The van der Waals surface area contributed by atoms with Crippen molar-refractivity contribution in [2.45, 2.75) is 0 Å². The summed E-state index contributed by atoms with van der Waals surface area (Å²) in [6.45, 7) is 0. The number of rotatable bonds is 2. The van der Waals surface area contributed by atoms with E-state index in [1.54, 1.807) is 24.3 Å². The lowest BCUT2D eigenvalue weighted by molar-refractivity contribution is 0.604. The van der Waals surface area contributed by atoms with Gasteiger partial charge in [-0.15, -0.1) is 0 Å². The highest BCUT2D eigenvalue weighted by atomic mass is 35.5. The maximum atomic E-state index is 10.7. The molecule has 0 fully saturated rings. The van der Waals surface area contributed by atoms with Crippen LogP contribution in [0.4, 0.5) is 0 Å². The lowest BCUT2D eigenvalue weighted by Gasteiger charge is -1.95. The van der Waals surface area contributed by atoms with Crippen molar-refractivity contribution in [1.82, 2.24) is 0 Å². The molecular formula is C8H8ClNO2S. The van der Waals surface area contributed by atoms with E-state index in [4.69, 9.17) is 11.6 Å². The van der Waals surface area contributed by atoms with Gasteiger partial charge < -0.3 is 0 Å². The van der Waals surface area contributed by atoms with E-state index in [1.807, 2.05) is 6.07 Å². The van der Waals surface area contributed by atoms with E-state index in [9.17, 15) is 8.42 Å². The molecule has 0 radical (unpaired) electrons. The van der Waals surface area contributed by atoms with Gasteiger partial charge in [-0.1, -0.05) is 41.9 Å². The fourth-order valence-electron chi connectivity index (χ4n) is 0.774. The highest BCUT2D eigenvalue weighted by molar-refractivity contribution is 7.89. The zero-order valence-corrected chi connectivity index (χ0v) is 8.51. The Hall–Kier alpha value is -0.870. The van der Waals surface area contributed by atoms with E-state index in [0.29, 0.717) is 5.56 Å². The molecule has 0 saturated carbocycles. The van der Waals surface area contributed by atoms with Crippen molar-refractivity contribution >= 4 is 26.8 Å². The van der Waals surface area contributed by atoms with Gasteiger partial charge in [-0.05, 0) is 0 Å². The lowest BCUT2D eigenvalue weighted by atomic mass is 10.2. The van der Waals surface area contributed by atoms with Crippen LogP contribution in [0.2, 0.25) is 0 Å². The van der Waals surface area contributed by atoms with E-state index in [0.717, 1.165) is 6.26 Å². The summed E-state index contributed by atoms with van der Waals surface area (Å²) in [5.41, 5.74) is 0.592. The predicted molar refractivity (Wildman–Crippen MR) is 53.7 cm³/mol. The van der Waals surface area contributed by atoms with Crippen LogP contribution in [-0.2, 0) is 10.0 Å². The molecule has 13 heavy (non-hydrogen) atoms. The van der Waals surface area contributed by atoms with Crippen molar-refractivity contribution in [3.63, 3.8) is 0 Å².